The van der Waals surface area contributed by atoms with Gasteiger partial charge in [0.15, 0.2) is 0 Å². The van der Waals surface area contributed by atoms with Gasteiger partial charge in [0, 0.05) is 18.3 Å². The Bertz CT molecular complexity index is 580. The van der Waals surface area contributed by atoms with Crippen LogP contribution >= 0.6 is 0 Å². The molecule has 6 heteroatoms. The highest BCUT2D eigenvalue weighted by molar-refractivity contribution is 7.89. The van der Waals surface area contributed by atoms with Gasteiger partial charge in [0.25, 0.3) is 0 Å². The Hall–Kier alpha value is -1.53. The summed E-state index contributed by atoms with van der Waals surface area (Å²) in [4.78, 5) is 0.115. The van der Waals surface area contributed by atoms with Crippen LogP contribution in [-0.4, -0.2) is 32.4 Å². The second-order valence-corrected chi connectivity index (χ2v) is 6.36. The van der Waals surface area contributed by atoms with Crippen molar-refractivity contribution in [2.45, 2.75) is 23.8 Å². The van der Waals surface area contributed by atoms with Gasteiger partial charge in [-0.15, -0.1) is 6.58 Å². The molecule has 0 bridgehead atoms. The molecule has 0 saturated heterocycles. The van der Waals surface area contributed by atoms with E-state index in [0.717, 1.165) is 12.8 Å². The van der Waals surface area contributed by atoms with E-state index in [0.29, 0.717) is 18.0 Å². The van der Waals surface area contributed by atoms with Gasteiger partial charge in [0.2, 0.25) is 10.0 Å². The molecule has 0 atom stereocenters. The summed E-state index contributed by atoms with van der Waals surface area (Å²) in [6, 6.07) is 4.69. The highest BCUT2D eigenvalue weighted by Crippen LogP contribution is 2.35. The van der Waals surface area contributed by atoms with Crippen molar-refractivity contribution in [1.29, 1.82) is 0 Å². The summed E-state index contributed by atoms with van der Waals surface area (Å²) in [5, 5.41) is 0. The van der Waals surface area contributed by atoms with Crippen molar-refractivity contribution in [3.8, 4) is 5.75 Å². The SMILES string of the molecule is C=CCN(C1CC1)S(=O)(=O)c1cc(N)ccc1OC. The number of nitrogen functional groups attached to an aromatic ring is 1. The van der Waals surface area contributed by atoms with Gasteiger partial charge in [-0.05, 0) is 31.0 Å². The minimum absolute atomic E-state index is 0.0640. The van der Waals surface area contributed by atoms with E-state index in [2.05, 4.69) is 6.58 Å². The van der Waals surface area contributed by atoms with Crippen molar-refractivity contribution in [2.75, 3.05) is 19.4 Å². The summed E-state index contributed by atoms with van der Waals surface area (Å²) in [7, 11) is -2.16. The molecule has 1 aliphatic rings. The monoisotopic (exact) mass is 282 g/mol. The van der Waals surface area contributed by atoms with Crippen molar-refractivity contribution < 1.29 is 13.2 Å². The van der Waals surface area contributed by atoms with Crippen molar-refractivity contribution >= 4 is 15.7 Å². The smallest absolute Gasteiger partial charge is 0.247 e. The first-order chi connectivity index (χ1) is 9.00. The van der Waals surface area contributed by atoms with E-state index in [-0.39, 0.29) is 10.9 Å². The number of ether oxygens (including phenoxy) is 1. The fourth-order valence-corrected chi connectivity index (χ4v) is 3.80. The molecule has 104 valence electrons. The number of rotatable bonds is 6. The highest BCUT2D eigenvalue weighted by Gasteiger charge is 2.38. The van der Waals surface area contributed by atoms with Crippen LogP contribution in [0.25, 0.3) is 0 Å². The van der Waals surface area contributed by atoms with E-state index < -0.39 is 10.0 Å². The zero-order chi connectivity index (χ0) is 14.0. The Morgan fingerprint density at radius 2 is 2.21 bits per heavy atom. The minimum Gasteiger partial charge on any atom is -0.495 e. The quantitative estimate of drug-likeness (QED) is 0.635. The fourth-order valence-electron chi connectivity index (χ4n) is 1.95. The predicted molar refractivity (Wildman–Crippen MR) is 74.5 cm³/mol. The molecule has 0 unspecified atom stereocenters. The average molecular weight is 282 g/mol. The van der Waals surface area contributed by atoms with Crippen LogP contribution in [0.4, 0.5) is 5.69 Å². The minimum atomic E-state index is -3.61. The molecule has 1 aliphatic carbocycles. The lowest BCUT2D eigenvalue weighted by molar-refractivity contribution is 0.394. The van der Waals surface area contributed by atoms with Crippen LogP contribution in [0.2, 0.25) is 0 Å². The summed E-state index contributed by atoms with van der Waals surface area (Å²) < 4.78 is 31.9. The molecule has 0 aliphatic heterocycles. The molecular weight excluding hydrogens is 264 g/mol. The van der Waals surface area contributed by atoms with E-state index >= 15 is 0 Å². The van der Waals surface area contributed by atoms with Crippen LogP contribution in [0.1, 0.15) is 12.8 Å². The fraction of sp³-hybridized carbons (Fsp3) is 0.385. The second-order valence-electron chi connectivity index (χ2n) is 4.50. The number of methoxy groups -OCH3 is 1. The van der Waals surface area contributed by atoms with Gasteiger partial charge < -0.3 is 10.5 Å². The normalized spacial score (nSPS) is 15.5. The first-order valence-electron chi connectivity index (χ1n) is 6.07. The molecule has 1 aromatic rings. The standard InChI is InChI=1S/C13H18N2O3S/c1-3-8-15(11-5-6-11)19(16,17)13-9-10(14)4-7-12(13)18-2/h3-4,7,9,11H,1,5-6,8,14H2,2H3. The molecule has 5 nitrogen and oxygen atoms in total. The van der Waals surface area contributed by atoms with Gasteiger partial charge in [-0.1, -0.05) is 6.08 Å². The molecule has 0 heterocycles. The van der Waals surface area contributed by atoms with Crippen molar-refractivity contribution in [2.24, 2.45) is 0 Å². The molecule has 19 heavy (non-hydrogen) atoms. The number of hydrogen-bond donors (Lipinski definition) is 1. The Morgan fingerprint density at radius 3 is 2.74 bits per heavy atom. The molecule has 1 saturated carbocycles. The maximum atomic E-state index is 12.7. The third kappa shape index (κ3) is 2.74. The average Bonchev–Trinajstić information content (AvgIpc) is 3.20. The molecule has 1 aromatic carbocycles. The van der Waals surface area contributed by atoms with Crippen LogP contribution in [-0.2, 0) is 10.0 Å². The molecule has 0 spiro atoms. The van der Waals surface area contributed by atoms with E-state index in [9.17, 15) is 8.42 Å². The number of hydrogen-bond acceptors (Lipinski definition) is 4. The zero-order valence-electron chi connectivity index (χ0n) is 10.9. The maximum absolute atomic E-state index is 12.7. The predicted octanol–water partition coefficient (Wildman–Crippen LogP) is 1.62. The molecule has 0 aromatic heterocycles. The third-order valence-electron chi connectivity index (χ3n) is 3.04. The van der Waals surface area contributed by atoms with Gasteiger partial charge in [0.1, 0.15) is 10.6 Å². The van der Waals surface area contributed by atoms with E-state index in [1.165, 1.54) is 17.5 Å². The number of sulfonamides is 1. The second kappa shape index (κ2) is 5.22. The van der Waals surface area contributed by atoms with Crippen molar-refractivity contribution in [3.63, 3.8) is 0 Å². The number of nitrogens with zero attached hydrogens (tertiary/aromatic N) is 1. The Kier molecular flexibility index (Phi) is 3.82. The summed E-state index contributed by atoms with van der Waals surface area (Å²) in [6.45, 7) is 3.91. The van der Waals surface area contributed by atoms with Gasteiger partial charge in [0.05, 0.1) is 7.11 Å². The van der Waals surface area contributed by atoms with Gasteiger partial charge >= 0.3 is 0 Å². The lowest BCUT2D eigenvalue weighted by Crippen LogP contribution is -2.33. The van der Waals surface area contributed by atoms with Crippen molar-refractivity contribution in [1.82, 2.24) is 4.31 Å². The Balaban J connectivity index is 2.47. The first-order valence-corrected chi connectivity index (χ1v) is 7.51. The van der Waals surface area contributed by atoms with Crippen LogP contribution in [0.3, 0.4) is 0 Å². The summed E-state index contributed by atoms with van der Waals surface area (Å²) in [6.07, 6.45) is 3.37. The largest absolute Gasteiger partial charge is 0.495 e. The lowest BCUT2D eigenvalue weighted by Gasteiger charge is -2.21. The lowest BCUT2D eigenvalue weighted by atomic mass is 10.3. The molecule has 2 N–H and O–H groups in total. The zero-order valence-corrected chi connectivity index (χ0v) is 11.7. The Morgan fingerprint density at radius 1 is 1.53 bits per heavy atom. The maximum Gasteiger partial charge on any atom is 0.247 e. The number of nitrogens with two attached hydrogens (primary N) is 1. The van der Waals surface area contributed by atoms with Crippen LogP contribution in [0.15, 0.2) is 35.7 Å². The summed E-state index contributed by atoms with van der Waals surface area (Å²) in [5.41, 5.74) is 6.08. The molecular formula is C13H18N2O3S. The molecule has 0 amide bonds. The highest BCUT2D eigenvalue weighted by atomic mass is 32.2. The molecule has 1 fully saturated rings. The summed E-state index contributed by atoms with van der Waals surface area (Å²) >= 11 is 0. The van der Waals surface area contributed by atoms with Gasteiger partial charge in [-0.2, -0.15) is 4.31 Å². The Labute approximate surface area is 113 Å². The van der Waals surface area contributed by atoms with Crippen molar-refractivity contribution in [3.05, 3.63) is 30.9 Å². The van der Waals surface area contributed by atoms with Crippen LogP contribution in [0, 0.1) is 0 Å². The number of anilines is 1. The van der Waals surface area contributed by atoms with Gasteiger partial charge in [-0.25, -0.2) is 8.42 Å². The van der Waals surface area contributed by atoms with E-state index in [1.807, 2.05) is 0 Å². The molecule has 2 rings (SSSR count). The summed E-state index contributed by atoms with van der Waals surface area (Å²) in [5.74, 6) is 0.309. The number of benzene rings is 1. The van der Waals surface area contributed by atoms with Crippen LogP contribution < -0.4 is 10.5 Å². The molecule has 0 radical (unpaired) electrons. The van der Waals surface area contributed by atoms with Gasteiger partial charge in [-0.3, -0.25) is 0 Å². The van der Waals surface area contributed by atoms with Crippen LogP contribution in [0.5, 0.6) is 5.75 Å². The topological polar surface area (TPSA) is 72.6 Å². The van der Waals surface area contributed by atoms with E-state index in [4.69, 9.17) is 10.5 Å². The third-order valence-corrected chi connectivity index (χ3v) is 4.98. The first kappa shape index (κ1) is 13.9. The van der Waals surface area contributed by atoms with E-state index in [1.54, 1.807) is 18.2 Å².